The van der Waals surface area contributed by atoms with Gasteiger partial charge in [-0.2, -0.15) is 8.42 Å². The predicted octanol–water partition coefficient (Wildman–Crippen LogP) is 3.31. The van der Waals surface area contributed by atoms with E-state index in [1.807, 2.05) is 0 Å². The van der Waals surface area contributed by atoms with Gasteiger partial charge in [-0.15, -0.1) is 0 Å². The van der Waals surface area contributed by atoms with E-state index in [-0.39, 0.29) is 10.6 Å². The van der Waals surface area contributed by atoms with Crippen molar-refractivity contribution in [3.05, 3.63) is 59.8 Å². The van der Waals surface area contributed by atoms with Crippen molar-refractivity contribution < 1.29 is 13.0 Å². The third kappa shape index (κ3) is 2.81. The number of aromatic nitrogens is 1. The van der Waals surface area contributed by atoms with E-state index in [2.05, 4.69) is 4.98 Å². The molecule has 5 nitrogen and oxygen atoms in total. The summed E-state index contributed by atoms with van der Waals surface area (Å²) in [6.45, 7) is 0. The van der Waals surface area contributed by atoms with E-state index in [0.29, 0.717) is 15.9 Å². The van der Waals surface area contributed by atoms with Crippen LogP contribution in [-0.2, 0) is 21.4 Å². The first-order chi connectivity index (χ1) is 10.9. The van der Waals surface area contributed by atoms with Gasteiger partial charge in [0, 0.05) is 17.1 Å². The summed E-state index contributed by atoms with van der Waals surface area (Å²) in [5, 5.41) is 0.887. The van der Waals surface area contributed by atoms with Gasteiger partial charge in [0.05, 0.1) is 21.3 Å². The molecule has 0 aliphatic rings. The van der Waals surface area contributed by atoms with Crippen LogP contribution >= 0.6 is 11.6 Å². The summed E-state index contributed by atoms with van der Waals surface area (Å²) < 4.78 is 39.0. The molecule has 1 unspecified atom stereocenters. The minimum absolute atomic E-state index is 0.0684. The van der Waals surface area contributed by atoms with Crippen LogP contribution in [0.3, 0.4) is 0 Å². The SMILES string of the molecule is C[S+]([O-])N(c1cccc2[nH]cc(Cl)c12)S(=O)(=O)c1ccccc1. The molecule has 0 aliphatic heterocycles. The van der Waals surface area contributed by atoms with Gasteiger partial charge in [0.2, 0.25) is 0 Å². The molecule has 0 aliphatic carbocycles. The van der Waals surface area contributed by atoms with Gasteiger partial charge < -0.3 is 9.54 Å². The molecule has 0 saturated heterocycles. The molecule has 1 atom stereocenters. The second kappa shape index (κ2) is 6.09. The Bertz CT molecular complexity index is 940. The largest absolute Gasteiger partial charge is 0.592 e. The van der Waals surface area contributed by atoms with Crippen LogP contribution in [0.4, 0.5) is 5.69 Å². The number of benzene rings is 2. The van der Waals surface area contributed by atoms with Crippen LogP contribution in [0.5, 0.6) is 0 Å². The lowest BCUT2D eigenvalue weighted by Crippen LogP contribution is -2.36. The smallest absolute Gasteiger partial charge is 0.302 e. The highest BCUT2D eigenvalue weighted by molar-refractivity contribution is 8.10. The van der Waals surface area contributed by atoms with Crippen molar-refractivity contribution in [3.8, 4) is 0 Å². The first-order valence-electron chi connectivity index (χ1n) is 6.62. The summed E-state index contributed by atoms with van der Waals surface area (Å²) in [5.74, 6) is 0. The van der Waals surface area contributed by atoms with Crippen molar-refractivity contribution in [1.29, 1.82) is 0 Å². The Kier molecular flexibility index (Phi) is 4.29. The number of nitrogens with one attached hydrogen (secondary N) is 1. The summed E-state index contributed by atoms with van der Waals surface area (Å²) in [4.78, 5) is 3.03. The van der Waals surface area contributed by atoms with Crippen LogP contribution < -0.4 is 3.71 Å². The molecule has 1 aromatic heterocycles. The Labute approximate surface area is 142 Å². The Morgan fingerprint density at radius 2 is 1.83 bits per heavy atom. The van der Waals surface area contributed by atoms with E-state index in [0.717, 1.165) is 3.71 Å². The quantitative estimate of drug-likeness (QED) is 0.718. The lowest BCUT2D eigenvalue weighted by atomic mass is 10.2. The Morgan fingerprint density at radius 3 is 2.48 bits per heavy atom. The fourth-order valence-corrected chi connectivity index (χ4v) is 5.52. The molecule has 0 radical (unpaired) electrons. The summed E-state index contributed by atoms with van der Waals surface area (Å²) in [6, 6.07) is 12.9. The highest BCUT2D eigenvalue weighted by atomic mass is 35.5. The maximum absolute atomic E-state index is 12.9. The zero-order valence-electron chi connectivity index (χ0n) is 12.1. The van der Waals surface area contributed by atoms with Crippen molar-refractivity contribution in [2.45, 2.75) is 4.90 Å². The summed E-state index contributed by atoms with van der Waals surface area (Å²) in [6.07, 6.45) is 2.89. The summed E-state index contributed by atoms with van der Waals surface area (Å²) in [7, 11) is -3.98. The van der Waals surface area contributed by atoms with Crippen LogP contribution in [0.25, 0.3) is 10.9 Å². The number of aromatic amines is 1. The van der Waals surface area contributed by atoms with Crippen molar-refractivity contribution >= 4 is 49.6 Å². The zero-order valence-corrected chi connectivity index (χ0v) is 14.5. The molecule has 23 heavy (non-hydrogen) atoms. The number of sulfonamides is 1. The molecule has 3 rings (SSSR count). The topological polar surface area (TPSA) is 76.2 Å². The van der Waals surface area contributed by atoms with Gasteiger partial charge in [-0.05, 0) is 24.3 Å². The number of hydrogen-bond acceptors (Lipinski definition) is 3. The van der Waals surface area contributed by atoms with Gasteiger partial charge in [0.25, 0.3) is 0 Å². The number of halogens is 1. The van der Waals surface area contributed by atoms with Crippen LogP contribution in [-0.4, -0.2) is 24.2 Å². The molecule has 8 heteroatoms. The van der Waals surface area contributed by atoms with E-state index in [1.165, 1.54) is 18.4 Å². The van der Waals surface area contributed by atoms with Crippen molar-refractivity contribution in [2.24, 2.45) is 0 Å². The lowest BCUT2D eigenvalue weighted by Gasteiger charge is -2.23. The van der Waals surface area contributed by atoms with Gasteiger partial charge in [-0.1, -0.05) is 39.6 Å². The van der Waals surface area contributed by atoms with Gasteiger partial charge in [-0.25, -0.2) is 0 Å². The van der Waals surface area contributed by atoms with Crippen LogP contribution in [0.1, 0.15) is 0 Å². The van der Waals surface area contributed by atoms with E-state index in [4.69, 9.17) is 11.6 Å². The molecule has 0 fully saturated rings. The summed E-state index contributed by atoms with van der Waals surface area (Å²) >= 11 is 4.37. The molecule has 0 bridgehead atoms. The number of nitrogens with zero attached hydrogens (tertiary/aromatic N) is 1. The molecule has 1 heterocycles. The predicted molar refractivity (Wildman–Crippen MR) is 93.5 cm³/mol. The molecule has 0 saturated carbocycles. The van der Waals surface area contributed by atoms with Crippen molar-refractivity contribution in [2.75, 3.05) is 9.97 Å². The van der Waals surface area contributed by atoms with Crippen LogP contribution in [0.15, 0.2) is 59.6 Å². The monoisotopic (exact) mass is 368 g/mol. The Morgan fingerprint density at radius 1 is 1.13 bits per heavy atom. The lowest BCUT2D eigenvalue weighted by molar-refractivity contribution is 0.586. The van der Waals surface area contributed by atoms with E-state index in [1.54, 1.807) is 42.6 Å². The second-order valence-electron chi connectivity index (χ2n) is 4.81. The molecular weight excluding hydrogens is 356 g/mol. The molecule has 120 valence electrons. The third-order valence-electron chi connectivity index (χ3n) is 3.33. The molecular formula is C15H13ClN2O3S2. The molecule has 0 amide bonds. The van der Waals surface area contributed by atoms with Crippen molar-refractivity contribution in [1.82, 2.24) is 4.98 Å². The number of H-pyrrole nitrogens is 1. The van der Waals surface area contributed by atoms with Gasteiger partial charge in [-0.3, -0.25) is 0 Å². The Balaban J connectivity index is 2.26. The molecule has 3 aromatic rings. The highest BCUT2D eigenvalue weighted by Crippen LogP contribution is 2.36. The summed E-state index contributed by atoms with van der Waals surface area (Å²) in [5.41, 5.74) is 0.949. The maximum atomic E-state index is 12.9. The maximum Gasteiger partial charge on any atom is 0.302 e. The fraction of sp³-hybridized carbons (Fsp3) is 0.0667. The van der Waals surface area contributed by atoms with Gasteiger partial charge in [0.1, 0.15) is 11.9 Å². The normalized spacial score (nSPS) is 13.2. The standard InChI is InChI=1S/C15H13ClN2O3S2/c1-22(19)18(23(20,21)11-6-3-2-4-7-11)14-9-5-8-13-15(14)12(16)10-17-13/h2-10,17H,1H3. The zero-order chi connectivity index (χ0) is 16.6. The number of anilines is 1. The van der Waals surface area contributed by atoms with Gasteiger partial charge in [0.15, 0.2) is 0 Å². The number of fused-ring (bicyclic) bond motifs is 1. The molecule has 0 spiro atoms. The van der Waals surface area contributed by atoms with Crippen molar-refractivity contribution in [3.63, 3.8) is 0 Å². The number of hydrogen-bond donors (Lipinski definition) is 1. The number of rotatable bonds is 4. The second-order valence-corrected chi connectivity index (χ2v) is 8.44. The Hall–Kier alpha value is -1.67. The first-order valence-corrected chi connectivity index (χ1v) is 9.96. The van der Waals surface area contributed by atoms with E-state index in [9.17, 15) is 13.0 Å². The van der Waals surface area contributed by atoms with Crippen LogP contribution in [0, 0.1) is 0 Å². The fourth-order valence-electron chi connectivity index (χ4n) is 2.37. The minimum Gasteiger partial charge on any atom is -0.592 e. The first kappa shape index (κ1) is 16.2. The average molecular weight is 369 g/mol. The molecule has 1 N–H and O–H groups in total. The average Bonchev–Trinajstić information content (AvgIpc) is 2.90. The minimum atomic E-state index is -3.98. The third-order valence-corrected chi connectivity index (χ3v) is 7.01. The van der Waals surface area contributed by atoms with Crippen LogP contribution in [0.2, 0.25) is 5.02 Å². The van der Waals surface area contributed by atoms with Gasteiger partial charge >= 0.3 is 10.0 Å². The van der Waals surface area contributed by atoms with E-state index >= 15 is 0 Å². The highest BCUT2D eigenvalue weighted by Gasteiger charge is 2.34. The van der Waals surface area contributed by atoms with E-state index < -0.39 is 21.4 Å². The molecule has 2 aromatic carbocycles.